The molecule has 2 atom stereocenters. The molecular weight excluding hydrogens is 646 g/mol. The summed E-state index contributed by atoms with van der Waals surface area (Å²) in [6.45, 7) is 7.05. The number of hydrogen-bond donors (Lipinski definition) is 1. The molecule has 3 rings (SSSR count). The van der Waals surface area contributed by atoms with E-state index >= 15 is 0 Å². The predicted molar refractivity (Wildman–Crippen MR) is 162 cm³/mol. The van der Waals surface area contributed by atoms with E-state index in [0.717, 1.165) is 30.8 Å². The van der Waals surface area contributed by atoms with Crippen LogP contribution in [-0.4, -0.2) is 43.8 Å². The number of nitrogens with one attached hydrogen (secondary N) is 1. The van der Waals surface area contributed by atoms with Gasteiger partial charge < -0.3 is 10.2 Å². The molecule has 0 aliphatic carbocycles. The van der Waals surface area contributed by atoms with Crippen molar-refractivity contribution >= 4 is 59.4 Å². The van der Waals surface area contributed by atoms with Gasteiger partial charge in [0.05, 0.1) is 10.6 Å². The van der Waals surface area contributed by atoms with Gasteiger partial charge in [-0.05, 0) is 81.3 Å². The van der Waals surface area contributed by atoms with Gasteiger partial charge in [-0.15, -0.1) is 0 Å². The fraction of sp³-hybridized carbons (Fsp3) is 0.310. The van der Waals surface area contributed by atoms with Crippen LogP contribution in [0.15, 0.2) is 86.6 Å². The smallest absolute Gasteiger partial charge is 0.264 e. The van der Waals surface area contributed by atoms with Gasteiger partial charge in [0.2, 0.25) is 11.8 Å². The molecule has 0 aliphatic rings. The molecule has 1 N–H and O–H groups in total. The SMILES string of the molecule is CCC(C)NC(=O)C(C)N(Cc1cccc(Br)c1)C(=O)CN(c1ccc(Br)cc1)S(=O)(=O)c1ccc(C)cc1. The molecule has 39 heavy (non-hydrogen) atoms. The lowest BCUT2D eigenvalue weighted by Gasteiger charge is -2.32. The summed E-state index contributed by atoms with van der Waals surface area (Å²) in [7, 11) is -4.10. The molecule has 0 bridgehead atoms. The van der Waals surface area contributed by atoms with Crippen molar-refractivity contribution in [3.05, 3.63) is 92.9 Å². The molecule has 3 aromatic carbocycles. The highest BCUT2D eigenvalue weighted by molar-refractivity contribution is 9.10. The van der Waals surface area contributed by atoms with Gasteiger partial charge in [0, 0.05) is 21.5 Å². The van der Waals surface area contributed by atoms with E-state index in [9.17, 15) is 18.0 Å². The number of hydrogen-bond acceptors (Lipinski definition) is 4. The minimum Gasteiger partial charge on any atom is -0.352 e. The molecule has 208 valence electrons. The fourth-order valence-electron chi connectivity index (χ4n) is 3.85. The lowest BCUT2D eigenvalue weighted by molar-refractivity contribution is -0.139. The van der Waals surface area contributed by atoms with Crippen molar-refractivity contribution in [2.45, 2.75) is 57.6 Å². The number of halogens is 2. The standard InChI is InChI=1S/C29H33Br2N3O4S/c1-5-21(3)32-29(36)22(4)33(18-23-7-6-8-25(31)17-23)28(35)19-34(26-13-11-24(30)12-14-26)39(37,38)27-15-9-20(2)10-16-27/h6-17,21-22H,5,18-19H2,1-4H3,(H,32,36). The van der Waals surface area contributed by atoms with Crippen molar-refractivity contribution in [3.63, 3.8) is 0 Å². The van der Waals surface area contributed by atoms with Gasteiger partial charge in [-0.1, -0.05) is 68.6 Å². The third kappa shape index (κ3) is 8.16. The molecule has 10 heteroatoms. The van der Waals surface area contributed by atoms with Crippen LogP contribution in [0.2, 0.25) is 0 Å². The first kappa shape index (κ1) is 30.8. The Bertz CT molecular complexity index is 1400. The molecule has 0 saturated carbocycles. The number of aryl methyl sites for hydroxylation is 1. The maximum absolute atomic E-state index is 13.9. The number of benzene rings is 3. The van der Waals surface area contributed by atoms with Crippen molar-refractivity contribution in [2.75, 3.05) is 10.8 Å². The van der Waals surface area contributed by atoms with E-state index in [-0.39, 0.29) is 23.4 Å². The van der Waals surface area contributed by atoms with Crippen LogP contribution in [-0.2, 0) is 26.2 Å². The summed E-state index contributed by atoms with van der Waals surface area (Å²) in [5, 5.41) is 2.94. The molecule has 0 radical (unpaired) electrons. The van der Waals surface area contributed by atoms with Crippen molar-refractivity contribution in [1.82, 2.24) is 10.2 Å². The van der Waals surface area contributed by atoms with Crippen LogP contribution >= 0.6 is 31.9 Å². The average Bonchev–Trinajstić information content (AvgIpc) is 2.90. The topological polar surface area (TPSA) is 86.8 Å². The van der Waals surface area contributed by atoms with Gasteiger partial charge in [0.25, 0.3) is 10.0 Å². The first-order valence-electron chi connectivity index (χ1n) is 12.6. The number of rotatable bonds is 11. The largest absolute Gasteiger partial charge is 0.352 e. The normalized spacial score (nSPS) is 12.9. The molecule has 0 aliphatic heterocycles. The summed E-state index contributed by atoms with van der Waals surface area (Å²) < 4.78 is 30.4. The first-order valence-corrected chi connectivity index (χ1v) is 15.6. The molecule has 2 unspecified atom stereocenters. The summed E-state index contributed by atoms with van der Waals surface area (Å²) in [6.07, 6.45) is 0.740. The predicted octanol–water partition coefficient (Wildman–Crippen LogP) is 6.05. The molecular formula is C29H33Br2N3O4S. The van der Waals surface area contributed by atoms with Crippen LogP contribution in [0.4, 0.5) is 5.69 Å². The zero-order valence-corrected chi connectivity index (χ0v) is 26.4. The van der Waals surface area contributed by atoms with E-state index in [2.05, 4.69) is 37.2 Å². The van der Waals surface area contributed by atoms with E-state index in [1.807, 2.05) is 45.0 Å². The minimum absolute atomic E-state index is 0.0658. The third-order valence-electron chi connectivity index (χ3n) is 6.41. The van der Waals surface area contributed by atoms with Crippen LogP contribution < -0.4 is 9.62 Å². The third-order valence-corrected chi connectivity index (χ3v) is 9.22. The van der Waals surface area contributed by atoms with E-state index in [1.165, 1.54) is 17.0 Å². The van der Waals surface area contributed by atoms with Crippen molar-refractivity contribution in [1.29, 1.82) is 0 Å². The van der Waals surface area contributed by atoms with Gasteiger partial charge >= 0.3 is 0 Å². The Hall–Kier alpha value is -2.69. The number of anilines is 1. The van der Waals surface area contributed by atoms with Crippen molar-refractivity contribution in [2.24, 2.45) is 0 Å². The molecule has 0 spiro atoms. The highest BCUT2D eigenvalue weighted by atomic mass is 79.9. The Labute approximate surface area is 247 Å². The molecule has 0 fully saturated rings. The Morgan fingerprint density at radius 1 is 0.923 bits per heavy atom. The molecule has 0 heterocycles. The van der Waals surface area contributed by atoms with Gasteiger partial charge in [-0.3, -0.25) is 13.9 Å². The molecule has 7 nitrogen and oxygen atoms in total. The van der Waals surface area contributed by atoms with Crippen LogP contribution in [0.5, 0.6) is 0 Å². The Morgan fingerprint density at radius 2 is 1.56 bits per heavy atom. The van der Waals surface area contributed by atoms with E-state index in [1.54, 1.807) is 43.3 Å². The Morgan fingerprint density at radius 3 is 2.15 bits per heavy atom. The summed E-state index contributed by atoms with van der Waals surface area (Å²) in [5.41, 5.74) is 2.06. The van der Waals surface area contributed by atoms with Crippen molar-refractivity contribution in [3.8, 4) is 0 Å². The average molecular weight is 679 g/mol. The van der Waals surface area contributed by atoms with E-state index in [0.29, 0.717) is 5.69 Å². The first-order chi connectivity index (χ1) is 18.4. The van der Waals surface area contributed by atoms with E-state index < -0.39 is 28.5 Å². The van der Waals surface area contributed by atoms with Crippen LogP contribution in [0.1, 0.15) is 38.3 Å². The molecule has 0 saturated heterocycles. The van der Waals surface area contributed by atoms with Crippen LogP contribution in [0, 0.1) is 6.92 Å². The number of nitrogens with zero attached hydrogens (tertiary/aromatic N) is 2. The lowest BCUT2D eigenvalue weighted by Crippen LogP contribution is -2.52. The number of amides is 2. The van der Waals surface area contributed by atoms with Crippen LogP contribution in [0.3, 0.4) is 0 Å². The fourth-order valence-corrected chi connectivity index (χ4v) is 5.98. The summed E-state index contributed by atoms with van der Waals surface area (Å²) in [6, 6.07) is 19.8. The highest BCUT2D eigenvalue weighted by Crippen LogP contribution is 2.26. The van der Waals surface area contributed by atoms with Crippen molar-refractivity contribution < 1.29 is 18.0 Å². The monoisotopic (exact) mass is 677 g/mol. The molecule has 0 aromatic heterocycles. The highest BCUT2D eigenvalue weighted by Gasteiger charge is 2.32. The quantitative estimate of drug-likeness (QED) is 0.268. The Kier molecular flexibility index (Phi) is 10.7. The second-order valence-electron chi connectivity index (χ2n) is 9.45. The summed E-state index contributed by atoms with van der Waals surface area (Å²) >= 11 is 6.84. The van der Waals surface area contributed by atoms with Crippen LogP contribution in [0.25, 0.3) is 0 Å². The summed E-state index contributed by atoms with van der Waals surface area (Å²) in [4.78, 5) is 28.5. The maximum Gasteiger partial charge on any atom is 0.264 e. The molecule has 2 amide bonds. The second-order valence-corrected chi connectivity index (χ2v) is 13.1. The number of sulfonamides is 1. The number of carbonyl (C=O) groups excluding carboxylic acids is 2. The zero-order chi connectivity index (χ0) is 28.7. The maximum atomic E-state index is 13.9. The number of carbonyl (C=O) groups is 2. The molecule has 3 aromatic rings. The van der Waals surface area contributed by atoms with Gasteiger partial charge in [0.1, 0.15) is 12.6 Å². The van der Waals surface area contributed by atoms with E-state index in [4.69, 9.17) is 0 Å². The van der Waals surface area contributed by atoms with Gasteiger partial charge in [-0.25, -0.2) is 8.42 Å². The lowest BCUT2D eigenvalue weighted by atomic mass is 10.1. The summed E-state index contributed by atoms with van der Waals surface area (Å²) in [5.74, 6) is -0.801. The van der Waals surface area contributed by atoms with Gasteiger partial charge in [-0.2, -0.15) is 0 Å². The second kappa shape index (κ2) is 13.6. The van der Waals surface area contributed by atoms with Gasteiger partial charge in [0.15, 0.2) is 0 Å². The zero-order valence-electron chi connectivity index (χ0n) is 22.4. The Balaban J connectivity index is 2.02. The minimum atomic E-state index is -4.10.